The van der Waals surface area contributed by atoms with Crippen LogP contribution in [0.2, 0.25) is 0 Å². The zero-order valence-electron chi connectivity index (χ0n) is 10.0. The quantitative estimate of drug-likeness (QED) is 0.792. The van der Waals surface area contributed by atoms with Crippen molar-refractivity contribution in [2.24, 2.45) is 0 Å². The predicted octanol–water partition coefficient (Wildman–Crippen LogP) is 2.36. The first-order chi connectivity index (χ1) is 9.63. The molecule has 0 spiro atoms. The Morgan fingerprint density at radius 3 is 2.95 bits per heavy atom. The van der Waals surface area contributed by atoms with Crippen LogP contribution in [0.25, 0.3) is 5.65 Å². The van der Waals surface area contributed by atoms with E-state index < -0.39 is 11.8 Å². The van der Waals surface area contributed by atoms with Crippen molar-refractivity contribution < 1.29 is 19.0 Å². The minimum Gasteiger partial charge on any atom is -0.478 e. The lowest BCUT2D eigenvalue weighted by Crippen LogP contribution is -2.02. The highest BCUT2D eigenvalue weighted by Gasteiger charge is 2.14. The zero-order valence-corrected chi connectivity index (χ0v) is 10.0. The Balaban J connectivity index is 1.99. The second-order valence-corrected chi connectivity index (χ2v) is 3.95. The van der Waals surface area contributed by atoms with Gasteiger partial charge in [0, 0.05) is 18.3 Å². The van der Waals surface area contributed by atoms with Crippen LogP contribution in [0.15, 0.2) is 42.7 Å². The molecule has 3 aromatic rings. The Kier molecular flexibility index (Phi) is 2.79. The Morgan fingerprint density at radius 1 is 1.30 bits per heavy atom. The molecule has 0 saturated heterocycles. The largest absolute Gasteiger partial charge is 0.478 e. The Labute approximate surface area is 112 Å². The Bertz CT molecular complexity index is 800. The van der Waals surface area contributed by atoms with E-state index in [9.17, 15) is 9.18 Å². The van der Waals surface area contributed by atoms with Gasteiger partial charge in [-0.1, -0.05) is 0 Å². The summed E-state index contributed by atoms with van der Waals surface area (Å²) in [7, 11) is 0. The molecule has 2 aromatic heterocycles. The molecule has 0 aliphatic carbocycles. The molecule has 3 rings (SSSR count). The number of aromatic carboxylic acids is 1. The van der Waals surface area contributed by atoms with Gasteiger partial charge in [0.15, 0.2) is 5.65 Å². The number of hydrogen-bond donors (Lipinski definition) is 1. The van der Waals surface area contributed by atoms with Gasteiger partial charge < -0.3 is 9.84 Å². The first-order valence-corrected chi connectivity index (χ1v) is 5.64. The van der Waals surface area contributed by atoms with Gasteiger partial charge in [-0.3, -0.25) is 0 Å². The number of benzene rings is 1. The van der Waals surface area contributed by atoms with Gasteiger partial charge in [0.05, 0.1) is 6.20 Å². The van der Waals surface area contributed by atoms with Crippen LogP contribution >= 0.6 is 0 Å². The van der Waals surface area contributed by atoms with Crippen LogP contribution in [0.1, 0.15) is 10.4 Å². The van der Waals surface area contributed by atoms with Crippen LogP contribution in [-0.4, -0.2) is 25.7 Å². The van der Waals surface area contributed by atoms with Crippen molar-refractivity contribution in [2.45, 2.75) is 0 Å². The van der Waals surface area contributed by atoms with E-state index in [-0.39, 0.29) is 17.2 Å². The van der Waals surface area contributed by atoms with Crippen LogP contribution in [0, 0.1) is 5.82 Å². The summed E-state index contributed by atoms with van der Waals surface area (Å²) in [5, 5.41) is 13.0. The molecule has 0 atom stereocenters. The number of carboxylic acids is 1. The van der Waals surface area contributed by atoms with Crippen molar-refractivity contribution in [3.63, 3.8) is 0 Å². The fraction of sp³-hybridized carbons (Fsp3) is 0. The summed E-state index contributed by atoms with van der Waals surface area (Å²) in [4.78, 5) is 15.2. The smallest absolute Gasteiger partial charge is 0.339 e. The molecule has 2 heterocycles. The lowest BCUT2D eigenvalue weighted by atomic mass is 10.2. The highest BCUT2D eigenvalue weighted by molar-refractivity contribution is 5.90. The Hall–Kier alpha value is -2.96. The standard InChI is InChI=1S/C13H8FN3O3/c14-8-1-2-10(9(7-8)13(18)19)20-12-4-6-17-11(16-12)3-5-15-17/h1-7H,(H,18,19). The minimum absolute atomic E-state index is 0.0234. The summed E-state index contributed by atoms with van der Waals surface area (Å²) < 4.78 is 20.0. The maximum atomic E-state index is 13.1. The summed E-state index contributed by atoms with van der Waals surface area (Å²) in [6, 6.07) is 6.49. The summed E-state index contributed by atoms with van der Waals surface area (Å²) in [6.07, 6.45) is 3.20. The van der Waals surface area contributed by atoms with Crippen LogP contribution in [0.5, 0.6) is 11.6 Å². The van der Waals surface area contributed by atoms with Crippen molar-refractivity contribution in [1.29, 1.82) is 0 Å². The Morgan fingerprint density at radius 2 is 2.15 bits per heavy atom. The van der Waals surface area contributed by atoms with Gasteiger partial charge in [0.2, 0.25) is 5.88 Å². The van der Waals surface area contributed by atoms with E-state index in [1.807, 2.05) is 0 Å². The number of hydrogen-bond acceptors (Lipinski definition) is 4. The second-order valence-electron chi connectivity index (χ2n) is 3.95. The molecule has 7 heteroatoms. The number of rotatable bonds is 3. The topological polar surface area (TPSA) is 76.7 Å². The number of fused-ring (bicyclic) bond motifs is 1. The van der Waals surface area contributed by atoms with Gasteiger partial charge >= 0.3 is 5.97 Å². The van der Waals surface area contributed by atoms with Gasteiger partial charge in [-0.15, -0.1) is 0 Å². The third-order valence-corrected chi connectivity index (χ3v) is 2.62. The van der Waals surface area contributed by atoms with Crippen molar-refractivity contribution in [3.8, 4) is 11.6 Å². The fourth-order valence-electron chi connectivity index (χ4n) is 1.72. The van der Waals surface area contributed by atoms with Gasteiger partial charge in [-0.2, -0.15) is 10.1 Å². The normalized spacial score (nSPS) is 10.7. The van der Waals surface area contributed by atoms with Gasteiger partial charge in [-0.05, 0) is 18.2 Å². The number of halogens is 1. The molecule has 100 valence electrons. The van der Waals surface area contributed by atoms with Crippen LogP contribution in [0.4, 0.5) is 4.39 Å². The lowest BCUT2D eigenvalue weighted by molar-refractivity contribution is 0.0693. The molecule has 0 amide bonds. The molecule has 20 heavy (non-hydrogen) atoms. The molecule has 0 bridgehead atoms. The SMILES string of the molecule is O=C(O)c1cc(F)ccc1Oc1ccn2nccc2n1. The van der Waals surface area contributed by atoms with E-state index in [0.29, 0.717) is 5.65 Å². The van der Waals surface area contributed by atoms with Gasteiger partial charge in [-0.25, -0.2) is 13.7 Å². The number of aromatic nitrogens is 3. The third-order valence-electron chi connectivity index (χ3n) is 2.62. The fourth-order valence-corrected chi connectivity index (χ4v) is 1.72. The van der Waals surface area contributed by atoms with E-state index in [1.54, 1.807) is 18.5 Å². The van der Waals surface area contributed by atoms with E-state index in [0.717, 1.165) is 12.1 Å². The van der Waals surface area contributed by atoms with Gasteiger partial charge in [0.1, 0.15) is 17.1 Å². The van der Waals surface area contributed by atoms with E-state index in [1.165, 1.54) is 16.6 Å². The molecular formula is C13H8FN3O3. The van der Waals surface area contributed by atoms with Crippen LogP contribution in [-0.2, 0) is 0 Å². The molecule has 0 radical (unpaired) electrons. The van der Waals surface area contributed by atoms with Crippen molar-refractivity contribution in [1.82, 2.24) is 14.6 Å². The van der Waals surface area contributed by atoms with Crippen LogP contribution in [0.3, 0.4) is 0 Å². The second kappa shape index (κ2) is 4.61. The van der Waals surface area contributed by atoms with E-state index >= 15 is 0 Å². The molecular weight excluding hydrogens is 265 g/mol. The molecule has 6 nitrogen and oxygen atoms in total. The lowest BCUT2D eigenvalue weighted by Gasteiger charge is -2.08. The number of nitrogens with zero attached hydrogens (tertiary/aromatic N) is 3. The highest BCUT2D eigenvalue weighted by Crippen LogP contribution is 2.25. The first-order valence-electron chi connectivity index (χ1n) is 5.64. The van der Waals surface area contributed by atoms with Crippen molar-refractivity contribution >= 4 is 11.6 Å². The predicted molar refractivity (Wildman–Crippen MR) is 66.4 cm³/mol. The average Bonchev–Trinajstić information content (AvgIpc) is 2.88. The molecule has 0 unspecified atom stereocenters. The maximum Gasteiger partial charge on any atom is 0.339 e. The third kappa shape index (κ3) is 2.16. The number of carboxylic acid groups (broad SMARTS) is 1. The average molecular weight is 273 g/mol. The molecule has 0 aliphatic heterocycles. The highest BCUT2D eigenvalue weighted by atomic mass is 19.1. The minimum atomic E-state index is -1.27. The number of carbonyl (C=O) groups is 1. The number of ether oxygens (including phenoxy) is 1. The molecule has 0 fully saturated rings. The first kappa shape index (κ1) is 12.1. The van der Waals surface area contributed by atoms with Crippen molar-refractivity contribution in [3.05, 3.63) is 54.1 Å². The van der Waals surface area contributed by atoms with Crippen LogP contribution < -0.4 is 4.74 Å². The summed E-state index contributed by atoms with van der Waals surface area (Å²) in [6.45, 7) is 0. The molecule has 0 saturated carbocycles. The molecule has 1 N–H and O–H groups in total. The van der Waals surface area contributed by atoms with E-state index in [2.05, 4.69) is 10.1 Å². The molecule has 1 aromatic carbocycles. The maximum absolute atomic E-state index is 13.1. The van der Waals surface area contributed by atoms with E-state index in [4.69, 9.17) is 9.84 Å². The summed E-state index contributed by atoms with van der Waals surface area (Å²) >= 11 is 0. The van der Waals surface area contributed by atoms with Crippen molar-refractivity contribution in [2.75, 3.05) is 0 Å². The van der Waals surface area contributed by atoms with Gasteiger partial charge in [0.25, 0.3) is 0 Å². The monoisotopic (exact) mass is 273 g/mol. The zero-order chi connectivity index (χ0) is 14.1. The summed E-state index contributed by atoms with van der Waals surface area (Å²) in [5.41, 5.74) is 0.293. The summed E-state index contributed by atoms with van der Waals surface area (Å²) in [5.74, 6) is -1.69. The molecule has 0 aliphatic rings.